The Morgan fingerprint density at radius 3 is 2.53 bits per heavy atom. The van der Waals surface area contributed by atoms with Crippen molar-refractivity contribution in [1.29, 1.82) is 5.41 Å². The molecule has 20 heteroatoms. The number of β-lactam (4-membered cyclic amide) rings is 1. The van der Waals surface area contributed by atoms with E-state index in [0.29, 0.717) is 0 Å². The molecule has 0 unspecified atom stereocenters. The summed E-state index contributed by atoms with van der Waals surface area (Å²) in [5, 5.41) is 26.2. The zero-order valence-corrected chi connectivity index (χ0v) is 21.6. The van der Waals surface area contributed by atoms with Crippen LogP contribution in [0.4, 0.5) is 5.13 Å². The average molecular weight is 576 g/mol. The summed E-state index contributed by atoms with van der Waals surface area (Å²) in [7, 11) is -5.06. The molecule has 38 heavy (non-hydrogen) atoms. The number of aromatic nitrogens is 1. The predicted octanol–water partition coefficient (Wildman–Crippen LogP) is -3.11. The quantitative estimate of drug-likeness (QED) is 0.0479. The summed E-state index contributed by atoms with van der Waals surface area (Å²) in [6, 6.07) is -3.79. The first kappa shape index (κ1) is 28.5. The fourth-order valence-corrected chi connectivity index (χ4v) is 5.04. The van der Waals surface area contributed by atoms with Crippen LogP contribution in [-0.4, -0.2) is 104 Å². The maximum atomic E-state index is 13.1. The van der Waals surface area contributed by atoms with Crippen molar-refractivity contribution in [3.05, 3.63) is 11.1 Å². The van der Waals surface area contributed by atoms with Gasteiger partial charge in [-0.15, -0.1) is 11.3 Å². The van der Waals surface area contributed by atoms with Crippen LogP contribution in [0.25, 0.3) is 0 Å². The van der Waals surface area contributed by atoms with Gasteiger partial charge in [0.1, 0.15) is 17.8 Å². The molecule has 2 fully saturated rings. The lowest BCUT2D eigenvalue weighted by Gasteiger charge is -2.45. The molecule has 9 N–H and O–H groups in total. The van der Waals surface area contributed by atoms with Gasteiger partial charge >= 0.3 is 16.3 Å². The van der Waals surface area contributed by atoms with Crippen LogP contribution in [0, 0.1) is 5.41 Å². The third-order valence-electron chi connectivity index (χ3n) is 5.60. The molecule has 0 aromatic carbocycles. The number of nitrogen functional groups attached to an aromatic ring is 1. The number of carboxylic acids is 1. The maximum absolute atomic E-state index is 13.1. The van der Waals surface area contributed by atoms with Gasteiger partial charge in [-0.1, -0.05) is 5.16 Å². The lowest BCUT2D eigenvalue weighted by Crippen LogP contribution is -2.74. The largest absolute Gasteiger partial charge is 0.478 e. The summed E-state index contributed by atoms with van der Waals surface area (Å²) in [4.78, 5) is 59.8. The topological polar surface area (TPSA) is 284 Å². The number of carbonyl (C=O) groups excluding carboxylic acids is 3. The van der Waals surface area contributed by atoms with E-state index in [2.05, 4.69) is 20.8 Å². The van der Waals surface area contributed by atoms with Gasteiger partial charge in [-0.3, -0.25) is 24.3 Å². The fourth-order valence-electron chi connectivity index (χ4n) is 3.62. The van der Waals surface area contributed by atoms with Crippen molar-refractivity contribution < 1.29 is 42.1 Å². The molecule has 1 aromatic rings. The fraction of sp³-hybridized carbons (Fsp3) is 0.500. The van der Waals surface area contributed by atoms with E-state index in [1.807, 2.05) is 0 Å². The number of carbonyl (C=O) groups is 4. The Hall–Kier alpha value is -4.04. The van der Waals surface area contributed by atoms with E-state index in [4.69, 9.17) is 21.7 Å². The van der Waals surface area contributed by atoms with E-state index >= 15 is 0 Å². The number of nitrogens with zero attached hydrogens (tertiary/aromatic N) is 4. The van der Waals surface area contributed by atoms with Gasteiger partial charge < -0.3 is 36.9 Å². The Kier molecular flexibility index (Phi) is 7.79. The maximum Gasteiger partial charge on any atom is 0.362 e. The monoisotopic (exact) mass is 575 g/mol. The van der Waals surface area contributed by atoms with Crippen LogP contribution in [0.15, 0.2) is 10.5 Å². The zero-order valence-electron chi connectivity index (χ0n) is 19.9. The van der Waals surface area contributed by atoms with Crippen molar-refractivity contribution in [2.45, 2.75) is 44.0 Å². The third kappa shape index (κ3) is 5.92. The molecule has 18 nitrogen and oxygen atoms in total. The number of anilines is 1. The van der Waals surface area contributed by atoms with Gasteiger partial charge in [-0.05, 0) is 20.3 Å². The van der Waals surface area contributed by atoms with Crippen molar-refractivity contribution >= 4 is 62.1 Å². The Morgan fingerprint density at radius 1 is 1.34 bits per heavy atom. The van der Waals surface area contributed by atoms with Gasteiger partial charge in [0.05, 0.1) is 6.04 Å². The van der Waals surface area contributed by atoms with Crippen molar-refractivity contribution in [3.63, 3.8) is 0 Å². The highest BCUT2D eigenvalue weighted by Gasteiger charge is 2.55. The normalized spacial score (nSPS) is 22.2. The van der Waals surface area contributed by atoms with Gasteiger partial charge in [0, 0.05) is 18.5 Å². The third-order valence-corrected chi connectivity index (χ3v) is 7.22. The molecule has 0 saturated carbocycles. The van der Waals surface area contributed by atoms with E-state index in [-0.39, 0.29) is 28.1 Å². The number of rotatable bonds is 10. The van der Waals surface area contributed by atoms with Gasteiger partial charge in [-0.25, -0.2) is 14.1 Å². The number of amides is 3. The molecule has 1 aromatic heterocycles. The van der Waals surface area contributed by atoms with E-state index in [0.717, 1.165) is 11.3 Å². The van der Waals surface area contributed by atoms with Crippen LogP contribution >= 0.6 is 11.3 Å². The van der Waals surface area contributed by atoms with Gasteiger partial charge in [0.25, 0.3) is 11.8 Å². The first-order valence-electron chi connectivity index (χ1n) is 10.7. The Morgan fingerprint density at radius 2 is 2.00 bits per heavy atom. The second kappa shape index (κ2) is 10.4. The molecule has 2 aliphatic rings. The molecule has 3 amide bonds. The molecule has 0 radical (unpaired) electrons. The Labute approximate surface area is 219 Å². The molecule has 0 spiro atoms. The number of nitrogens with two attached hydrogens (primary N) is 2. The summed E-state index contributed by atoms with van der Waals surface area (Å²) in [5.41, 5.74) is 8.33. The highest BCUT2D eigenvalue weighted by Crippen LogP contribution is 2.27. The van der Waals surface area contributed by atoms with Crippen LogP contribution in [0.1, 0.15) is 26.0 Å². The molecule has 0 bridgehead atoms. The molecular formula is C18H25N9O9S2. The number of aliphatic carboxylic acids is 1. The van der Waals surface area contributed by atoms with Crippen molar-refractivity contribution in [1.82, 2.24) is 24.8 Å². The van der Waals surface area contributed by atoms with Crippen molar-refractivity contribution in [2.75, 3.05) is 18.8 Å². The number of nitrogens with one attached hydrogen (secondary N) is 3. The summed E-state index contributed by atoms with van der Waals surface area (Å²) in [5.74, 6) is -4.68. The number of likely N-dealkylation sites (tertiary alicyclic amines) is 1. The number of thiazole rings is 1. The molecule has 2 aliphatic heterocycles. The van der Waals surface area contributed by atoms with E-state index in [1.54, 1.807) is 0 Å². The van der Waals surface area contributed by atoms with E-state index in [1.165, 1.54) is 24.1 Å². The van der Waals surface area contributed by atoms with E-state index < -0.39 is 75.9 Å². The number of oxime groups is 1. The second-order valence-corrected chi connectivity index (χ2v) is 10.9. The highest BCUT2D eigenvalue weighted by atomic mass is 32.2. The molecule has 2 saturated heterocycles. The van der Waals surface area contributed by atoms with Crippen LogP contribution in [0.2, 0.25) is 0 Å². The summed E-state index contributed by atoms with van der Waals surface area (Å²) in [6.45, 7) is 2.04. The second-order valence-electron chi connectivity index (χ2n) is 8.73. The average Bonchev–Trinajstić information content (AvgIpc) is 3.36. The minimum absolute atomic E-state index is 0.0365. The smallest absolute Gasteiger partial charge is 0.362 e. The lowest BCUT2D eigenvalue weighted by atomic mass is 9.97. The van der Waals surface area contributed by atoms with Crippen LogP contribution in [0.3, 0.4) is 0 Å². The number of guanidine groups is 1. The highest BCUT2D eigenvalue weighted by molar-refractivity contribution is 7.84. The van der Waals surface area contributed by atoms with Crippen molar-refractivity contribution in [3.8, 4) is 0 Å². The Bertz CT molecular complexity index is 1310. The number of hydrogen-bond donors (Lipinski definition) is 7. The molecule has 3 atom stereocenters. The first-order chi connectivity index (χ1) is 17.5. The zero-order chi connectivity index (χ0) is 28.6. The summed E-state index contributed by atoms with van der Waals surface area (Å²) in [6.07, 6.45) is 0.223. The van der Waals surface area contributed by atoms with Crippen molar-refractivity contribution in [2.24, 2.45) is 10.9 Å². The van der Waals surface area contributed by atoms with Gasteiger partial charge in [-0.2, -0.15) is 8.42 Å². The van der Waals surface area contributed by atoms with Gasteiger partial charge in [0.2, 0.25) is 11.5 Å². The lowest BCUT2D eigenvalue weighted by molar-refractivity contribution is -0.161. The minimum atomic E-state index is -5.06. The van der Waals surface area contributed by atoms with Crippen LogP contribution in [-0.2, 0) is 34.3 Å². The predicted molar refractivity (Wildman–Crippen MR) is 130 cm³/mol. The summed E-state index contributed by atoms with van der Waals surface area (Å²) < 4.78 is 33.3. The molecule has 0 aliphatic carbocycles. The molecule has 3 heterocycles. The van der Waals surface area contributed by atoms with Crippen LogP contribution < -0.4 is 22.1 Å². The molecule has 208 valence electrons. The SMILES string of the molecule is CC(C)(O/N=C(\C(=O)N[C@@H]1C(=O)N(S(=O)(=O)O)[C@@H]1CN1CC[C@@H](NC(=N)N)C1=O)c1csc(N)n1)C(=O)O. The Balaban J connectivity index is 1.85. The standard InChI is InChI=1S/C18H25N9O9S2/c1-18(2,15(31)32)36-25-10(8-6-37-17(21)23-8)12(28)24-11-9(27(14(11)30)38(33,34)35)5-26-4-3-7(13(26)29)22-16(19)20/h6-7,9,11H,3-5H2,1-2H3,(H2,21,23)(H,24,28)(H,31,32)(H4,19,20,22)(H,33,34,35)/b25-10-/t7-,9-,11+/m1/s1. The number of hydrogen-bond acceptors (Lipinski definition) is 12. The first-order valence-corrected chi connectivity index (χ1v) is 13.0. The summed E-state index contributed by atoms with van der Waals surface area (Å²) >= 11 is 0.931. The molecule has 3 rings (SSSR count). The van der Waals surface area contributed by atoms with E-state index in [9.17, 15) is 37.3 Å². The minimum Gasteiger partial charge on any atom is -0.478 e. The molecular weight excluding hydrogens is 550 g/mol. The number of carboxylic acid groups (broad SMARTS) is 1. The van der Waals surface area contributed by atoms with Gasteiger partial charge in [0.15, 0.2) is 16.8 Å². The van der Waals surface area contributed by atoms with Crippen LogP contribution in [0.5, 0.6) is 0 Å².